The molecule has 7 nitrogen and oxygen atoms in total. The van der Waals surface area contributed by atoms with Gasteiger partial charge in [-0.15, -0.1) is 5.11 Å². The van der Waals surface area contributed by atoms with Crippen molar-refractivity contribution >= 4 is 17.4 Å². The minimum atomic E-state index is -1.27. The van der Waals surface area contributed by atoms with Crippen LogP contribution in [0.5, 0.6) is 5.75 Å². The predicted octanol–water partition coefficient (Wildman–Crippen LogP) is 2.55. The highest BCUT2D eigenvalue weighted by Crippen LogP contribution is 2.24. The molecule has 0 aliphatic carbocycles. The van der Waals surface area contributed by atoms with Gasteiger partial charge in [0.05, 0.1) is 5.69 Å². The molecule has 1 rings (SSSR count). The number of carbonyl (C=O) groups is 2. The molecule has 3 N–H and O–H groups in total. The van der Waals surface area contributed by atoms with Crippen LogP contribution in [0.25, 0.3) is 0 Å². The summed E-state index contributed by atoms with van der Waals surface area (Å²) in [6.45, 7) is 2.51. The summed E-state index contributed by atoms with van der Waals surface area (Å²) in [6, 6.07) is 3.57. The minimum absolute atomic E-state index is 0.155. The molecule has 0 heterocycles. The van der Waals surface area contributed by atoms with E-state index >= 15 is 0 Å². The van der Waals surface area contributed by atoms with Crippen LogP contribution in [-0.4, -0.2) is 27.1 Å². The zero-order chi connectivity index (χ0) is 14.6. The van der Waals surface area contributed by atoms with Crippen LogP contribution in [0.4, 0.5) is 5.69 Å². The Balaban J connectivity index is 3.08. The van der Waals surface area contributed by atoms with E-state index < -0.39 is 17.5 Å². The highest BCUT2D eigenvalue weighted by atomic mass is 16.4. The first-order chi connectivity index (χ1) is 8.82. The summed E-state index contributed by atoms with van der Waals surface area (Å²) in [6.07, 6.45) is 0. The first-order valence-corrected chi connectivity index (χ1v) is 5.21. The molecule has 0 radical (unpaired) electrons. The molecule has 0 atom stereocenters. The molecular weight excluding hydrogens is 252 g/mol. The Bertz CT molecular complexity index is 586. The van der Waals surface area contributed by atoms with Gasteiger partial charge in [0.1, 0.15) is 17.1 Å². The van der Waals surface area contributed by atoms with Gasteiger partial charge in [0.15, 0.2) is 11.5 Å². The Morgan fingerprint density at radius 1 is 1.16 bits per heavy atom. The molecule has 0 spiro atoms. The number of aliphatic hydroxyl groups excluding tert-OH is 1. The fourth-order valence-corrected chi connectivity index (χ4v) is 1.27. The number of aromatic carboxylic acids is 1. The Morgan fingerprint density at radius 2 is 1.79 bits per heavy atom. The second kappa shape index (κ2) is 5.76. The number of azo groups is 1. The maximum atomic E-state index is 11.1. The summed E-state index contributed by atoms with van der Waals surface area (Å²) in [5, 5.41) is 34.6. The van der Waals surface area contributed by atoms with Crippen molar-refractivity contribution in [1.82, 2.24) is 0 Å². The van der Waals surface area contributed by atoms with Crippen LogP contribution < -0.4 is 0 Å². The van der Waals surface area contributed by atoms with Crippen molar-refractivity contribution in [2.75, 3.05) is 0 Å². The van der Waals surface area contributed by atoms with E-state index in [9.17, 15) is 19.8 Å². The molecule has 0 saturated heterocycles. The molecule has 1 aromatic rings. The quantitative estimate of drug-likeness (QED) is 0.438. The van der Waals surface area contributed by atoms with Crippen molar-refractivity contribution in [2.45, 2.75) is 13.8 Å². The lowest BCUT2D eigenvalue weighted by Gasteiger charge is -2.00. The van der Waals surface area contributed by atoms with Crippen molar-refractivity contribution in [2.24, 2.45) is 10.2 Å². The monoisotopic (exact) mass is 264 g/mol. The molecule has 7 heteroatoms. The van der Waals surface area contributed by atoms with Crippen LogP contribution in [0.2, 0.25) is 0 Å². The zero-order valence-electron chi connectivity index (χ0n) is 10.3. The van der Waals surface area contributed by atoms with E-state index in [4.69, 9.17) is 5.11 Å². The number of Topliss-reactive ketones (excluding diaryl/α,β-unsaturated/α-hetero) is 1. The maximum absolute atomic E-state index is 11.1. The number of benzene rings is 1. The second-order valence-corrected chi connectivity index (χ2v) is 3.70. The summed E-state index contributed by atoms with van der Waals surface area (Å²) >= 11 is 0. The molecule has 0 aromatic heterocycles. The topological polar surface area (TPSA) is 120 Å². The van der Waals surface area contributed by atoms with Gasteiger partial charge in [0.25, 0.3) is 0 Å². The van der Waals surface area contributed by atoms with Crippen LogP contribution in [0, 0.1) is 0 Å². The molecule has 0 saturated carbocycles. The van der Waals surface area contributed by atoms with Crippen molar-refractivity contribution in [3.8, 4) is 5.75 Å². The van der Waals surface area contributed by atoms with Gasteiger partial charge < -0.3 is 15.3 Å². The number of carboxylic acids is 1. The molecule has 1 aromatic carbocycles. The third-order valence-corrected chi connectivity index (χ3v) is 2.15. The fourth-order valence-electron chi connectivity index (χ4n) is 1.27. The Morgan fingerprint density at radius 3 is 2.21 bits per heavy atom. The van der Waals surface area contributed by atoms with E-state index in [-0.39, 0.29) is 22.7 Å². The summed E-state index contributed by atoms with van der Waals surface area (Å²) in [4.78, 5) is 21.8. The van der Waals surface area contributed by atoms with Crippen LogP contribution >= 0.6 is 0 Å². The molecule has 100 valence electrons. The molecule has 0 bridgehead atoms. The largest absolute Gasteiger partial charge is 0.510 e. The van der Waals surface area contributed by atoms with E-state index in [1.54, 1.807) is 0 Å². The van der Waals surface area contributed by atoms with E-state index in [0.29, 0.717) is 0 Å². The number of nitrogens with zero attached hydrogens (tertiary/aromatic N) is 2. The average molecular weight is 264 g/mol. The Labute approximate surface area is 108 Å². The van der Waals surface area contributed by atoms with Gasteiger partial charge >= 0.3 is 5.97 Å². The molecule has 19 heavy (non-hydrogen) atoms. The number of aromatic hydroxyl groups is 1. The van der Waals surface area contributed by atoms with E-state index in [0.717, 1.165) is 12.1 Å². The maximum Gasteiger partial charge on any atom is 0.339 e. The van der Waals surface area contributed by atoms with Crippen LogP contribution in [0.3, 0.4) is 0 Å². The highest BCUT2D eigenvalue weighted by molar-refractivity contribution is 5.93. The molecule has 0 unspecified atom stereocenters. The predicted molar refractivity (Wildman–Crippen MR) is 65.6 cm³/mol. The van der Waals surface area contributed by atoms with Gasteiger partial charge in [0.2, 0.25) is 0 Å². The number of phenols is 1. The third-order valence-electron chi connectivity index (χ3n) is 2.15. The molecule has 0 fully saturated rings. The highest BCUT2D eigenvalue weighted by Gasteiger charge is 2.10. The summed E-state index contributed by atoms with van der Waals surface area (Å²) in [7, 11) is 0. The number of carboxylic acid groups (broad SMARTS) is 1. The van der Waals surface area contributed by atoms with Crippen LogP contribution in [0.1, 0.15) is 24.2 Å². The zero-order valence-corrected chi connectivity index (χ0v) is 10.3. The van der Waals surface area contributed by atoms with E-state index in [1.807, 2.05) is 0 Å². The molecular formula is C12H12N2O5. The van der Waals surface area contributed by atoms with E-state index in [2.05, 4.69) is 10.2 Å². The van der Waals surface area contributed by atoms with Gasteiger partial charge in [-0.3, -0.25) is 4.79 Å². The Hall–Kier alpha value is -2.70. The van der Waals surface area contributed by atoms with Crippen molar-refractivity contribution in [1.29, 1.82) is 0 Å². The fraction of sp³-hybridized carbons (Fsp3) is 0.167. The summed E-state index contributed by atoms with van der Waals surface area (Å²) < 4.78 is 0. The number of aliphatic hydroxyl groups is 1. The lowest BCUT2D eigenvalue weighted by molar-refractivity contribution is -0.113. The van der Waals surface area contributed by atoms with Gasteiger partial charge in [-0.25, -0.2) is 4.79 Å². The van der Waals surface area contributed by atoms with Crippen molar-refractivity contribution in [3.63, 3.8) is 0 Å². The smallest absolute Gasteiger partial charge is 0.339 e. The van der Waals surface area contributed by atoms with Gasteiger partial charge in [0, 0.05) is 13.0 Å². The molecule has 0 amide bonds. The number of rotatable bonds is 4. The Kier molecular flexibility index (Phi) is 4.36. The summed E-state index contributed by atoms with van der Waals surface area (Å²) in [5.74, 6) is -2.47. The molecule has 0 aliphatic heterocycles. The normalized spacial score (nSPS) is 12.3. The number of hydrogen-bond acceptors (Lipinski definition) is 6. The number of ketones is 1. The van der Waals surface area contributed by atoms with Crippen LogP contribution in [0.15, 0.2) is 39.9 Å². The average Bonchev–Trinajstić information content (AvgIpc) is 2.27. The van der Waals surface area contributed by atoms with Gasteiger partial charge in [-0.2, -0.15) is 5.11 Å². The van der Waals surface area contributed by atoms with Gasteiger partial charge in [-0.1, -0.05) is 0 Å². The SMILES string of the molecule is CC(=O)/C(N=Nc1ccc(C(=O)O)c(O)c1)=C(/C)O. The van der Waals surface area contributed by atoms with E-state index in [1.165, 1.54) is 19.9 Å². The van der Waals surface area contributed by atoms with Gasteiger partial charge in [-0.05, 0) is 19.1 Å². The number of hydrogen-bond donors (Lipinski definition) is 3. The first kappa shape index (κ1) is 14.4. The number of carbonyl (C=O) groups excluding carboxylic acids is 1. The first-order valence-electron chi connectivity index (χ1n) is 5.21. The lowest BCUT2D eigenvalue weighted by atomic mass is 10.2. The number of allylic oxidation sites excluding steroid dienone is 2. The van der Waals surface area contributed by atoms with Crippen molar-refractivity contribution in [3.05, 3.63) is 35.2 Å². The van der Waals surface area contributed by atoms with Crippen LogP contribution in [-0.2, 0) is 4.79 Å². The van der Waals surface area contributed by atoms with Crippen molar-refractivity contribution < 1.29 is 24.9 Å². The summed E-state index contributed by atoms with van der Waals surface area (Å²) in [5.41, 5.74) is -0.316. The minimum Gasteiger partial charge on any atom is -0.510 e. The molecule has 0 aliphatic rings. The standard InChI is InChI=1S/C12H12N2O5/c1-6(15)11(7(2)16)14-13-8-3-4-9(12(18)19)10(17)5-8/h3-5,15,17H,1-2H3,(H,18,19)/b11-6+,14-13?. The lowest BCUT2D eigenvalue weighted by Crippen LogP contribution is -1.96. The third kappa shape index (κ3) is 3.63. The second-order valence-electron chi connectivity index (χ2n) is 3.70.